The van der Waals surface area contributed by atoms with Crippen LogP contribution >= 0.6 is 0 Å². The van der Waals surface area contributed by atoms with Gasteiger partial charge in [0, 0.05) is 20.1 Å². The lowest BCUT2D eigenvalue weighted by Crippen LogP contribution is -2.27. The number of hydrogen-bond acceptors (Lipinski definition) is 3. The summed E-state index contributed by atoms with van der Waals surface area (Å²) in [5.41, 5.74) is 6.88. The molecule has 0 aromatic heterocycles. The van der Waals surface area contributed by atoms with Crippen molar-refractivity contribution in [3.63, 3.8) is 0 Å². The van der Waals surface area contributed by atoms with Gasteiger partial charge in [-0.3, -0.25) is 0 Å². The van der Waals surface area contributed by atoms with E-state index in [-0.39, 0.29) is 23.8 Å². The highest BCUT2D eigenvalue weighted by molar-refractivity contribution is 7.89. The quantitative estimate of drug-likeness (QED) is 0.920. The number of sulfonamides is 1. The van der Waals surface area contributed by atoms with Crippen LogP contribution in [0.5, 0.6) is 0 Å². The third-order valence-electron chi connectivity index (χ3n) is 3.20. The van der Waals surface area contributed by atoms with E-state index < -0.39 is 10.0 Å². The molecular formula is C15H17FN2O2S. The Morgan fingerprint density at radius 3 is 2.33 bits per heavy atom. The second-order valence-corrected chi connectivity index (χ2v) is 6.71. The second kappa shape index (κ2) is 6.34. The highest BCUT2D eigenvalue weighted by atomic mass is 32.2. The van der Waals surface area contributed by atoms with Crippen LogP contribution in [-0.4, -0.2) is 19.8 Å². The van der Waals surface area contributed by atoms with Crippen LogP contribution in [0.25, 0.3) is 0 Å². The van der Waals surface area contributed by atoms with Crippen LogP contribution in [0.3, 0.4) is 0 Å². The van der Waals surface area contributed by atoms with E-state index in [9.17, 15) is 12.8 Å². The van der Waals surface area contributed by atoms with Gasteiger partial charge in [0.25, 0.3) is 0 Å². The minimum atomic E-state index is -3.63. The Hall–Kier alpha value is -1.76. The van der Waals surface area contributed by atoms with Crippen molar-refractivity contribution in [3.8, 4) is 0 Å². The van der Waals surface area contributed by atoms with E-state index in [0.717, 1.165) is 0 Å². The van der Waals surface area contributed by atoms with Crippen LogP contribution in [-0.2, 0) is 23.1 Å². The van der Waals surface area contributed by atoms with Gasteiger partial charge in [0.2, 0.25) is 10.0 Å². The Morgan fingerprint density at radius 2 is 1.71 bits per heavy atom. The highest BCUT2D eigenvalue weighted by Gasteiger charge is 2.23. The molecule has 4 nitrogen and oxygen atoms in total. The van der Waals surface area contributed by atoms with E-state index >= 15 is 0 Å². The maximum Gasteiger partial charge on any atom is 0.243 e. The van der Waals surface area contributed by atoms with Crippen molar-refractivity contribution in [1.29, 1.82) is 0 Å². The number of benzene rings is 2. The van der Waals surface area contributed by atoms with E-state index in [1.165, 1.54) is 23.5 Å². The number of halogens is 1. The standard InChI is InChI=1S/C15H17FN2O2S/c1-18(11-12-6-8-14(16)9-7-12)21(19,20)15-5-3-2-4-13(15)10-17/h2-9H,10-11,17H2,1H3. The van der Waals surface area contributed by atoms with Gasteiger partial charge < -0.3 is 5.73 Å². The predicted molar refractivity (Wildman–Crippen MR) is 79.4 cm³/mol. The Labute approximate surface area is 124 Å². The molecule has 0 saturated heterocycles. The first-order chi connectivity index (χ1) is 9.95. The van der Waals surface area contributed by atoms with E-state index in [1.54, 1.807) is 36.4 Å². The van der Waals surface area contributed by atoms with Crippen LogP contribution < -0.4 is 5.73 Å². The molecule has 21 heavy (non-hydrogen) atoms. The molecule has 0 unspecified atom stereocenters. The SMILES string of the molecule is CN(Cc1ccc(F)cc1)S(=O)(=O)c1ccccc1CN. The first-order valence-corrected chi connectivity index (χ1v) is 7.88. The molecule has 0 aliphatic rings. The molecule has 112 valence electrons. The van der Waals surface area contributed by atoms with Gasteiger partial charge in [-0.05, 0) is 29.3 Å². The maximum atomic E-state index is 12.9. The zero-order chi connectivity index (χ0) is 15.5. The van der Waals surface area contributed by atoms with E-state index in [4.69, 9.17) is 5.73 Å². The van der Waals surface area contributed by atoms with Gasteiger partial charge in [0.05, 0.1) is 4.90 Å². The lowest BCUT2D eigenvalue weighted by atomic mass is 10.2. The van der Waals surface area contributed by atoms with Gasteiger partial charge >= 0.3 is 0 Å². The summed E-state index contributed by atoms with van der Waals surface area (Å²) < 4.78 is 39.3. The molecular weight excluding hydrogens is 291 g/mol. The number of hydrogen-bond donors (Lipinski definition) is 1. The molecule has 2 aromatic carbocycles. The molecule has 0 atom stereocenters. The molecule has 6 heteroatoms. The van der Waals surface area contributed by atoms with Crippen molar-refractivity contribution in [3.05, 3.63) is 65.5 Å². The highest BCUT2D eigenvalue weighted by Crippen LogP contribution is 2.20. The monoisotopic (exact) mass is 308 g/mol. The molecule has 0 saturated carbocycles. The fraction of sp³-hybridized carbons (Fsp3) is 0.200. The summed E-state index contributed by atoms with van der Waals surface area (Å²) in [6.45, 7) is 0.321. The van der Waals surface area contributed by atoms with Crippen LogP contribution in [0.15, 0.2) is 53.4 Å². The first kappa shape index (κ1) is 15.6. The Bertz CT molecular complexity index is 715. The Balaban J connectivity index is 2.28. The average molecular weight is 308 g/mol. The lowest BCUT2D eigenvalue weighted by molar-refractivity contribution is 0.465. The van der Waals surface area contributed by atoms with Crippen molar-refractivity contribution in [2.75, 3.05) is 7.05 Å². The summed E-state index contributed by atoms with van der Waals surface area (Å²) in [5, 5.41) is 0. The number of rotatable bonds is 5. The van der Waals surface area contributed by atoms with E-state index in [0.29, 0.717) is 11.1 Å². The molecule has 0 bridgehead atoms. The van der Waals surface area contributed by atoms with Crippen molar-refractivity contribution in [2.24, 2.45) is 5.73 Å². The summed E-state index contributed by atoms with van der Waals surface area (Å²) in [5.74, 6) is -0.349. The average Bonchev–Trinajstić information content (AvgIpc) is 2.49. The van der Waals surface area contributed by atoms with Crippen LogP contribution in [0.2, 0.25) is 0 Å². The maximum absolute atomic E-state index is 12.9. The molecule has 0 radical (unpaired) electrons. The largest absolute Gasteiger partial charge is 0.326 e. The zero-order valence-electron chi connectivity index (χ0n) is 11.7. The lowest BCUT2D eigenvalue weighted by Gasteiger charge is -2.19. The van der Waals surface area contributed by atoms with Crippen LogP contribution in [0, 0.1) is 5.82 Å². The smallest absolute Gasteiger partial charge is 0.243 e. The summed E-state index contributed by atoms with van der Waals surface area (Å²) in [7, 11) is -2.14. The van der Waals surface area contributed by atoms with Gasteiger partial charge in [0.15, 0.2) is 0 Å². The van der Waals surface area contributed by atoms with E-state index in [1.807, 2.05) is 0 Å². The molecule has 2 N–H and O–H groups in total. The van der Waals surface area contributed by atoms with Gasteiger partial charge in [0.1, 0.15) is 5.82 Å². The summed E-state index contributed by atoms with van der Waals surface area (Å²) in [6, 6.07) is 12.4. The third kappa shape index (κ3) is 3.47. The minimum absolute atomic E-state index is 0.153. The second-order valence-electron chi connectivity index (χ2n) is 4.70. The van der Waals surface area contributed by atoms with Gasteiger partial charge in [-0.15, -0.1) is 0 Å². The molecule has 0 heterocycles. The zero-order valence-corrected chi connectivity index (χ0v) is 12.5. The predicted octanol–water partition coefficient (Wildman–Crippen LogP) is 2.11. The Morgan fingerprint density at radius 1 is 1.10 bits per heavy atom. The third-order valence-corrected chi connectivity index (χ3v) is 5.10. The summed E-state index contributed by atoms with van der Waals surface area (Å²) in [6.07, 6.45) is 0. The topological polar surface area (TPSA) is 63.4 Å². The van der Waals surface area contributed by atoms with Gasteiger partial charge in [-0.1, -0.05) is 30.3 Å². The van der Waals surface area contributed by atoms with Crippen molar-refractivity contribution >= 4 is 10.0 Å². The van der Waals surface area contributed by atoms with E-state index in [2.05, 4.69) is 0 Å². The molecule has 0 aliphatic carbocycles. The molecule has 2 rings (SSSR count). The first-order valence-electron chi connectivity index (χ1n) is 6.44. The molecule has 2 aromatic rings. The number of nitrogens with two attached hydrogens (primary N) is 1. The van der Waals surface area contributed by atoms with Gasteiger partial charge in [-0.25, -0.2) is 12.8 Å². The van der Waals surface area contributed by atoms with Crippen molar-refractivity contribution < 1.29 is 12.8 Å². The normalized spacial score (nSPS) is 11.8. The molecule has 0 amide bonds. The fourth-order valence-corrected chi connectivity index (χ4v) is 3.41. The summed E-state index contributed by atoms with van der Waals surface area (Å²) in [4.78, 5) is 0.206. The van der Waals surface area contributed by atoms with Crippen LogP contribution in [0.1, 0.15) is 11.1 Å². The van der Waals surface area contributed by atoms with Gasteiger partial charge in [-0.2, -0.15) is 4.31 Å². The minimum Gasteiger partial charge on any atom is -0.326 e. The Kier molecular flexibility index (Phi) is 4.72. The molecule has 0 aliphatic heterocycles. The van der Waals surface area contributed by atoms with Crippen molar-refractivity contribution in [2.45, 2.75) is 18.0 Å². The molecule has 0 spiro atoms. The van der Waals surface area contributed by atoms with Crippen molar-refractivity contribution in [1.82, 2.24) is 4.31 Å². The summed E-state index contributed by atoms with van der Waals surface area (Å²) >= 11 is 0. The number of nitrogens with zero attached hydrogens (tertiary/aromatic N) is 1. The fourth-order valence-electron chi connectivity index (χ4n) is 2.02. The molecule has 0 fully saturated rings. The van der Waals surface area contributed by atoms with Crippen LogP contribution in [0.4, 0.5) is 4.39 Å².